The summed E-state index contributed by atoms with van der Waals surface area (Å²) in [5.41, 5.74) is 1.88. The lowest BCUT2D eigenvalue weighted by Gasteiger charge is -2.40. The fraction of sp³-hybridized carbons (Fsp3) is 0.381. The largest absolute Gasteiger partial charge is 0.381 e. The molecule has 138 valence electrons. The van der Waals surface area contributed by atoms with E-state index in [1.807, 2.05) is 30.5 Å². The Labute approximate surface area is 158 Å². The Balaban J connectivity index is 1.64. The van der Waals surface area contributed by atoms with Gasteiger partial charge in [-0.2, -0.15) is 0 Å². The van der Waals surface area contributed by atoms with Crippen LogP contribution >= 0.6 is 0 Å². The number of nitrogens with zero attached hydrogens (tertiary/aromatic N) is 4. The number of fused-ring (bicyclic) bond motifs is 1. The number of pyridine rings is 1. The second-order valence-electron chi connectivity index (χ2n) is 7.09. The quantitative estimate of drug-likeness (QED) is 0.714. The van der Waals surface area contributed by atoms with Crippen LogP contribution in [-0.4, -0.2) is 54.0 Å². The zero-order valence-corrected chi connectivity index (χ0v) is 15.1. The first-order valence-corrected chi connectivity index (χ1v) is 9.49. The van der Waals surface area contributed by atoms with Crippen LogP contribution in [0.15, 0.2) is 48.8 Å². The molecule has 27 heavy (non-hydrogen) atoms. The second-order valence-corrected chi connectivity index (χ2v) is 7.09. The van der Waals surface area contributed by atoms with Crippen molar-refractivity contribution in [2.75, 3.05) is 37.9 Å². The van der Waals surface area contributed by atoms with Gasteiger partial charge in [0.05, 0.1) is 31.4 Å². The van der Waals surface area contributed by atoms with Crippen molar-refractivity contribution in [1.29, 1.82) is 0 Å². The molecule has 4 heterocycles. The van der Waals surface area contributed by atoms with Crippen LogP contribution in [0.1, 0.15) is 6.42 Å². The molecule has 0 bridgehead atoms. The van der Waals surface area contributed by atoms with E-state index in [2.05, 4.69) is 22.0 Å². The fourth-order valence-corrected chi connectivity index (χ4v) is 4.04. The summed E-state index contributed by atoms with van der Waals surface area (Å²) in [4.78, 5) is 16.4. The predicted molar refractivity (Wildman–Crippen MR) is 104 cm³/mol. The van der Waals surface area contributed by atoms with Crippen molar-refractivity contribution in [3.05, 3.63) is 48.8 Å². The molecule has 6 heteroatoms. The highest BCUT2D eigenvalue weighted by Crippen LogP contribution is 2.33. The summed E-state index contributed by atoms with van der Waals surface area (Å²) in [7, 11) is 0. The molecule has 5 rings (SSSR count). The molecule has 0 saturated carbocycles. The van der Waals surface area contributed by atoms with Crippen molar-refractivity contribution in [2.24, 2.45) is 5.92 Å². The van der Waals surface area contributed by atoms with Crippen LogP contribution in [0.5, 0.6) is 0 Å². The van der Waals surface area contributed by atoms with Crippen LogP contribution in [0.25, 0.3) is 22.3 Å². The number of hydrogen-bond acceptors (Lipinski definition) is 6. The van der Waals surface area contributed by atoms with E-state index in [-0.39, 0.29) is 6.04 Å². The first kappa shape index (κ1) is 16.6. The Morgan fingerprint density at radius 2 is 1.89 bits per heavy atom. The molecule has 0 radical (unpaired) electrons. The third-order valence-corrected chi connectivity index (χ3v) is 5.45. The van der Waals surface area contributed by atoms with E-state index in [0.29, 0.717) is 25.0 Å². The van der Waals surface area contributed by atoms with Gasteiger partial charge in [-0.05, 0) is 30.7 Å². The lowest BCUT2D eigenvalue weighted by atomic mass is 9.96. The molecule has 2 saturated heterocycles. The number of ether oxygens (including phenoxy) is 2. The molecule has 0 spiro atoms. The summed E-state index contributed by atoms with van der Waals surface area (Å²) in [6.45, 7) is 3.89. The third-order valence-electron chi connectivity index (χ3n) is 5.45. The van der Waals surface area contributed by atoms with Gasteiger partial charge in [0.1, 0.15) is 5.82 Å². The van der Waals surface area contributed by atoms with Gasteiger partial charge < -0.3 is 14.4 Å². The molecule has 0 amide bonds. The molecule has 2 aromatic heterocycles. The van der Waals surface area contributed by atoms with Crippen molar-refractivity contribution in [1.82, 2.24) is 15.0 Å². The summed E-state index contributed by atoms with van der Waals surface area (Å²) in [5.74, 6) is 2.17. The molecule has 1 aromatic carbocycles. The number of morpholine rings is 1. The number of anilines is 1. The molecular weight excluding hydrogens is 340 g/mol. The van der Waals surface area contributed by atoms with Crippen LogP contribution in [0.2, 0.25) is 0 Å². The number of benzene rings is 1. The van der Waals surface area contributed by atoms with Crippen LogP contribution in [0.4, 0.5) is 5.82 Å². The van der Waals surface area contributed by atoms with Gasteiger partial charge in [-0.15, -0.1) is 0 Å². The molecule has 3 aromatic rings. The summed E-state index contributed by atoms with van der Waals surface area (Å²) in [6, 6.07) is 12.4. The minimum atomic E-state index is 0.279. The number of para-hydroxylation sites is 1. The fourth-order valence-electron chi connectivity index (χ4n) is 4.04. The first-order chi connectivity index (χ1) is 13.4. The van der Waals surface area contributed by atoms with Gasteiger partial charge in [0.25, 0.3) is 0 Å². The maximum absolute atomic E-state index is 5.82. The van der Waals surface area contributed by atoms with E-state index in [1.54, 1.807) is 6.20 Å². The highest BCUT2D eigenvalue weighted by Gasteiger charge is 2.34. The Morgan fingerprint density at radius 1 is 0.963 bits per heavy atom. The smallest absolute Gasteiger partial charge is 0.163 e. The molecule has 2 unspecified atom stereocenters. The van der Waals surface area contributed by atoms with Crippen LogP contribution < -0.4 is 4.90 Å². The molecule has 0 aliphatic carbocycles. The molecule has 2 fully saturated rings. The zero-order chi connectivity index (χ0) is 18.1. The summed E-state index contributed by atoms with van der Waals surface area (Å²) in [6.07, 6.45) is 4.65. The van der Waals surface area contributed by atoms with Gasteiger partial charge in [-0.3, -0.25) is 4.98 Å². The molecule has 2 atom stereocenters. The van der Waals surface area contributed by atoms with Gasteiger partial charge in [0.2, 0.25) is 0 Å². The molecular formula is C21H22N4O2. The highest BCUT2D eigenvalue weighted by atomic mass is 16.5. The van der Waals surface area contributed by atoms with E-state index in [4.69, 9.17) is 19.4 Å². The maximum Gasteiger partial charge on any atom is 0.163 e. The van der Waals surface area contributed by atoms with E-state index in [0.717, 1.165) is 48.5 Å². The van der Waals surface area contributed by atoms with Crippen LogP contribution in [-0.2, 0) is 9.47 Å². The summed E-state index contributed by atoms with van der Waals surface area (Å²) < 4.78 is 11.5. The van der Waals surface area contributed by atoms with Gasteiger partial charge in [-0.25, -0.2) is 9.97 Å². The average Bonchev–Trinajstić information content (AvgIpc) is 3.28. The Morgan fingerprint density at radius 3 is 2.74 bits per heavy atom. The molecule has 2 aliphatic heterocycles. The van der Waals surface area contributed by atoms with E-state index in [9.17, 15) is 0 Å². The number of aromatic nitrogens is 3. The standard InChI is InChI=1S/C21H22N4O2/c1-2-6-18-17(5-1)21(24-20(23-18)15-4-3-8-22-12-15)25-9-11-27-14-19(25)16-7-10-26-13-16/h1-6,8,12,16,19H,7,9-11,13-14H2. The number of hydrogen-bond donors (Lipinski definition) is 0. The second kappa shape index (κ2) is 7.21. The minimum Gasteiger partial charge on any atom is -0.381 e. The monoisotopic (exact) mass is 362 g/mol. The SMILES string of the molecule is c1cncc(-c2nc(N3CCOCC3C3CCOC3)c3ccccc3n2)c1. The van der Waals surface area contributed by atoms with Crippen molar-refractivity contribution in [3.63, 3.8) is 0 Å². The van der Waals surface area contributed by atoms with Crippen molar-refractivity contribution in [2.45, 2.75) is 12.5 Å². The Bertz CT molecular complexity index is 928. The summed E-state index contributed by atoms with van der Waals surface area (Å²) in [5, 5.41) is 1.08. The Hall–Kier alpha value is -2.57. The van der Waals surface area contributed by atoms with Crippen LogP contribution in [0, 0.1) is 5.92 Å². The molecule has 2 aliphatic rings. The lowest BCUT2D eigenvalue weighted by molar-refractivity contribution is 0.0708. The van der Waals surface area contributed by atoms with Crippen molar-refractivity contribution < 1.29 is 9.47 Å². The molecule has 6 nitrogen and oxygen atoms in total. The van der Waals surface area contributed by atoms with Gasteiger partial charge in [-0.1, -0.05) is 12.1 Å². The first-order valence-electron chi connectivity index (χ1n) is 9.49. The summed E-state index contributed by atoms with van der Waals surface area (Å²) >= 11 is 0. The van der Waals surface area contributed by atoms with Crippen molar-refractivity contribution in [3.8, 4) is 11.4 Å². The zero-order valence-electron chi connectivity index (χ0n) is 15.1. The average molecular weight is 362 g/mol. The minimum absolute atomic E-state index is 0.279. The Kier molecular flexibility index (Phi) is 4.43. The predicted octanol–water partition coefficient (Wildman–Crippen LogP) is 2.93. The van der Waals surface area contributed by atoms with Gasteiger partial charge >= 0.3 is 0 Å². The molecule has 0 N–H and O–H groups in total. The van der Waals surface area contributed by atoms with E-state index < -0.39 is 0 Å². The van der Waals surface area contributed by atoms with Crippen LogP contribution in [0.3, 0.4) is 0 Å². The van der Waals surface area contributed by atoms with Gasteiger partial charge in [0.15, 0.2) is 5.82 Å². The highest BCUT2D eigenvalue weighted by molar-refractivity contribution is 5.91. The lowest BCUT2D eigenvalue weighted by Crippen LogP contribution is -2.50. The maximum atomic E-state index is 5.82. The number of rotatable bonds is 3. The van der Waals surface area contributed by atoms with Crippen molar-refractivity contribution >= 4 is 16.7 Å². The topological polar surface area (TPSA) is 60.4 Å². The van der Waals surface area contributed by atoms with Gasteiger partial charge in [0, 0.05) is 42.4 Å². The van der Waals surface area contributed by atoms with E-state index in [1.165, 1.54) is 0 Å². The third kappa shape index (κ3) is 3.15. The van der Waals surface area contributed by atoms with E-state index >= 15 is 0 Å². The normalized spacial score (nSPS) is 23.0.